The molecule has 0 aromatic heterocycles. The zero-order valence-electron chi connectivity index (χ0n) is 10.6. The quantitative estimate of drug-likeness (QED) is 0.691. The van der Waals surface area contributed by atoms with Gasteiger partial charge in [-0.2, -0.15) is 12.7 Å². The molecule has 2 rings (SSSR count). The van der Waals surface area contributed by atoms with Gasteiger partial charge >= 0.3 is 0 Å². The van der Waals surface area contributed by atoms with Crippen LogP contribution in [-0.4, -0.2) is 52.3 Å². The Labute approximate surface area is 108 Å². The molecule has 2 fully saturated rings. The Morgan fingerprint density at radius 1 is 1.06 bits per heavy atom. The number of nitrogens with zero attached hydrogens (tertiary/aromatic N) is 1. The summed E-state index contributed by atoms with van der Waals surface area (Å²) in [4.78, 5) is 0. The van der Waals surface area contributed by atoms with E-state index in [0.717, 1.165) is 19.1 Å². The second-order valence-corrected chi connectivity index (χ2v) is 8.84. The van der Waals surface area contributed by atoms with Crippen LogP contribution < -0.4 is 0 Å². The summed E-state index contributed by atoms with van der Waals surface area (Å²) in [5, 5.41) is 0. The Kier molecular flexibility index (Phi) is 3.74. The predicted molar refractivity (Wildman–Crippen MR) is 67.0 cm³/mol. The van der Waals surface area contributed by atoms with Crippen LogP contribution in [0.5, 0.6) is 0 Å². The lowest BCUT2D eigenvalue weighted by Crippen LogP contribution is -2.46. The Morgan fingerprint density at radius 3 is 1.94 bits per heavy atom. The van der Waals surface area contributed by atoms with Gasteiger partial charge in [-0.3, -0.25) is 4.18 Å². The van der Waals surface area contributed by atoms with E-state index in [9.17, 15) is 16.8 Å². The van der Waals surface area contributed by atoms with Crippen LogP contribution >= 0.6 is 0 Å². The van der Waals surface area contributed by atoms with E-state index in [2.05, 4.69) is 0 Å². The van der Waals surface area contributed by atoms with Crippen molar-refractivity contribution in [2.24, 2.45) is 5.92 Å². The van der Waals surface area contributed by atoms with Crippen LogP contribution in [-0.2, 0) is 24.3 Å². The van der Waals surface area contributed by atoms with Gasteiger partial charge in [0, 0.05) is 12.1 Å². The monoisotopic (exact) mass is 297 g/mol. The lowest BCUT2D eigenvalue weighted by molar-refractivity contribution is 0.143. The summed E-state index contributed by atoms with van der Waals surface area (Å²) in [6.07, 6.45) is 5.40. The first-order chi connectivity index (χ1) is 8.17. The average Bonchev–Trinajstić information content (AvgIpc) is 2.47. The highest BCUT2D eigenvalue weighted by Gasteiger charge is 2.45. The molecule has 0 unspecified atom stereocenters. The summed E-state index contributed by atoms with van der Waals surface area (Å²) in [6, 6.07) is 0.0406. The molecule has 0 saturated carbocycles. The molecular weight excluding hydrogens is 278 g/mol. The number of piperidine rings is 1. The van der Waals surface area contributed by atoms with Crippen molar-refractivity contribution in [3.8, 4) is 0 Å². The van der Waals surface area contributed by atoms with E-state index in [1.807, 2.05) is 0 Å². The molecule has 18 heavy (non-hydrogen) atoms. The summed E-state index contributed by atoms with van der Waals surface area (Å²) in [6.45, 7) is 0.170. The highest BCUT2D eigenvalue weighted by atomic mass is 32.2. The summed E-state index contributed by atoms with van der Waals surface area (Å²) >= 11 is 0. The van der Waals surface area contributed by atoms with E-state index < -0.39 is 20.1 Å². The standard InChI is InChI=1S/C10H19NO5S2/c1-17(12,13)11-9-3-4-10(11)6-8(5-9)7-16-18(2,14)15/h8-10H,3-7H2,1-2H3/t8-,9-,10+. The molecule has 0 aromatic rings. The molecular formula is C10H19NO5S2. The molecule has 2 aliphatic rings. The van der Waals surface area contributed by atoms with Gasteiger partial charge in [-0.1, -0.05) is 0 Å². The third kappa shape index (κ3) is 3.23. The van der Waals surface area contributed by atoms with Crippen LogP contribution in [0.4, 0.5) is 0 Å². The molecule has 0 spiro atoms. The number of fused-ring (bicyclic) bond motifs is 2. The van der Waals surface area contributed by atoms with Gasteiger partial charge in [0.2, 0.25) is 10.0 Å². The van der Waals surface area contributed by atoms with Crippen molar-refractivity contribution in [1.29, 1.82) is 0 Å². The summed E-state index contributed by atoms with van der Waals surface area (Å²) in [5.41, 5.74) is 0. The number of hydrogen-bond donors (Lipinski definition) is 0. The van der Waals surface area contributed by atoms with Crippen molar-refractivity contribution >= 4 is 20.1 Å². The van der Waals surface area contributed by atoms with E-state index >= 15 is 0 Å². The molecule has 2 aliphatic heterocycles. The normalized spacial score (nSPS) is 33.8. The number of sulfonamides is 1. The molecule has 0 radical (unpaired) electrons. The molecule has 2 heterocycles. The Hall–Kier alpha value is -0.180. The Bertz CT molecular complexity index is 498. The van der Waals surface area contributed by atoms with Gasteiger partial charge < -0.3 is 0 Å². The van der Waals surface area contributed by atoms with Crippen molar-refractivity contribution in [2.45, 2.75) is 37.8 Å². The maximum atomic E-state index is 11.7. The van der Waals surface area contributed by atoms with E-state index in [1.165, 1.54) is 6.26 Å². The Balaban J connectivity index is 2.01. The zero-order chi connectivity index (χ0) is 13.6. The van der Waals surface area contributed by atoms with Crippen LogP contribution in [0.1, 0.15) is 25.7 Å². The molecule has 106 valence electrons. The minimum atomic E-state index is -3.41. The summed E-state index contributed by atoms with van der Waals surface area (Å²) in [7, 11) is -6.57. The third-order valence-electron chi connectivity index (χ3n) is 3.66. The van der Waals surface area contributed by atoms with Crippen LogP contribution in [0.15, 0.2) is 0 Å². The molecule has 8 heteroatoms. The van der Waals surface area contributed by atoms with E-state index in [-0.39, 0.29) is 24.6 Å². The van der Waals surface area contributed by atoms with Gasteiger partial charge in [0.1, 0.15) is 0 Å². The van der Waals surface area contributed by atoms with Gasteiger partial charge in [-0.05, 0) is 31.6 Å². The minimum Gasteiger partial charge on any atom is -0.270 e. The number of rotatable bonds is 4. The first kappa shape index (κ1) is 14.2. The van der Waals surface area contributed by atoms with Crippen molar-refractivity contribution < 1.29 is 21.0 Å². The second kappa shape index (κ2) is 4.73. The van der Waals surface area contributed by atoms with Crippen LogP contribution in [0.2, 0.25) is 0 Å². The van der Waals surface area contributed by atoms with E-state index in [0.29, 0.717) is 12.8 Å². The van der Waals surface area contributed by atoms with Crippen molar-refractivity contribution in [3.05, 3.63) is 0 Å². The zero-order valence-corrected chi connectivity index (χ0v) is 12.2. The molecule has 0 N–H and O–H groups in total. The highest BCUT2D eigenvalue weighted by molar-refractivity contribution is 7.88. The largest absolute Gasteiger partial charge is 0.270 e. The molecule has 2 bridgehead atoms. The molecule has 0 amide bonds. The first-order valence-corrected chi connectivity index (χ1v) is 9.66. The van der Waals surface area contributed by atoms with Crippen molar-refractivity contribution in [2.75, 3.05) is 19.1 Å². The summed E-state index contributed by atoms with van der Waals surface area (Å²) < 4.78 is 51.7. The molecule has 2 saturated heterocycles. The number of hydrogen-bond acceptors (Lipinski definition) is 5. The van der Waals surface area contributed by atoms with Crippen LogP contribution in [0.25, 0.3) is 0 Å². The summed E-state index contributed by atoms with van der Waals surface area (Å²) in [5.74, 6) is 0.134. The molecule has 6 nitrogen and oxygen atoms in total. The van der Waals surface area contributed by atoms with Crippen LogP contribution in [0.3, 0.4) is 0 Å². The van der Waals surface area contributed by atoms with E-state index in [1.54, 1.807) is 4.31 Å². The third-order valence-corrected chi connectivity index (χ3v) is 5.59. The van der Waals surface area contributed by atoms with Gasteiger partial charge in [0.15, 0.2) is 0 Å². The Morgan fingerprint density at radius 2 is 1.56 bits per heavy atom. The second-order valence-electron chi connectivity index (χ2n) is 5.30. The fourth-order valence-electron chi connectivity index (χ4n) is 3.14. The predicted octanol–water partition coefficient (Wildman–Crippen LogP) is 0.165. The first-order valence-electron chi connectivity index (χ1n) is 6.00. The topological polar surface area (TPSA) is 80.8 Å². The van der Waals surface area contributed by atoms with Crippen molar-refractivity contribution in [3.63, 3.8) is 0 Å². The smallest absolute Gasteiger partial charge is 0.264 e. The minimum absolute atomic E-state index is 0.0203. The van der Waals surface area contributed by atoms with Gasteiger partial charge in [-0.25, -0.2) is 8.42 Å². The lowest BCUT2D eigenvalue weighted by Gasteiger charge is -2.36. The van der Waals surface area contributed by atoms with Crippen molar-refractivity contribution in [1.82, 2.24) is 4.31 Å². The van der Waals surface area contributed by atoms with E-state index in [4.69, 9.17) is 4.18 Å². The maximum Gasteiger partial charge on any atom is 0.264 e. The molecule has 3 atom stereocenters. The van der Waals surface area contributed by atoms with Gasteiger partial charge in [-0.15, -0.1) is 0 Å². The lowest BCUT2D eigenvalue weighted by atomic mass is 9.93. The van der Waals surface area contributed by atoms with Gasteiger partial charge in [0.05, 0.1) is 19.1 Å². The fourth-order valence-corrected chi connectivity index (χ4v) is 5.05. The SMILES string of the molecule is CS(=O)(=O)OC[C@@H]1C[C@H]2CC[C@@H](C1)N2S(C)(=O)=O. The van der Waals surface area contributed by atoms with Gasteiger partial charge in [0.25, 0.3) is 10.1 Å². The molecule has 0 aromatic carbocycles. The maximum absolute atomic E-state index is 11.7. The molecule has 0 aliphatic carbocycles. The highest BCUT2D eigenvalue weighted by Crippen LogP contribution is 2.40. The fraction of sp³-hybridized carbons (Fsp3) is 1.00. The average molecular weight is 297 g/mol. The van der Waals surface area contributed by atoms with Crippen LogP contribution in [0, 0.1) is 5.92 Å².